The van der Waals surface area contributed by atoms with Crippen LogP contribution in [0, 0.1) is 0 Å². The summed E-state index contributed by atoms with van der Waals surface area (Å²) >= 11 is 0. The van der Waals surface area contributed by atoms with Crippen molar-refractivity contribution in [1.29, 1.82) is 0 Å². The zero-order valence-corrected chi connectivity index (χ0v) is 14.3. The average Bonchev–Trinajstić information content (AvgIpc) is 2.37. The zero-order chi connectivity index (χ0) is 17.1. The molecule has 0 aliphatic carbocycles. The van der Waals surface area contributed by atoms with Crippen molar-refractivity contribution in [3.8, 4) is 0 Å². The van der Waals surface area contributed by atoms with E-state index < -0.39 is 25.7 Å². The van der Waals surface area contributed by atoms with E-state index in [1.165, 1.54) is 6.07 Å². The van der Waals surface area contributed by atoms with Gasteiger partial charge >= 0.3 is 12.9 Å². The second kappa shape index (κ2) is 7.03. The molecule has 0 aliphatic rings. The molecule has 1 rings (SSSR count). The Morgan fingerprint density at radius 1 is 1.14 bits per heavy atom. The fourth-order valence-electron chi connectivity index (χ4n) is 3.21. The van der Waals surface area contributed by atoms with Gasteiger partial charge in [0.1, 0.15) is 0 Å². The maximum absolute atomic E-state index is 13.5. The van der Waals surface area contributed by atoms with Crippen molar-refractivity contribution in [3.63, 3.8) is 0 Å². The van der Waals surface area contributed by atoms with Crippen molar-refractivity contribution >= 4 is 31.0 Å². The number of carboxylic acids is 1. The van der Waals surface area contributed by atoms with Crippen molar-refractivity contribution < 1.29 is 22.8 Å². The minimum absolute atomic E-state index is 0.00569. The van der Waals surface area contributed by atoms with E-state index in [9.17, 15) is 17.7 Å². The lowest BCUT2D eigenvalue weighted by Crippen LogP contribution is -2.48. The number of hydrogen-bond acceptors (Lipinski definition) is 1. The summed E-state index contributed by atoms with van der Waals surface area (Å²) in [5.41, 5.74) is -0.541. The highest BCUT2D eigenvalue weighted by Crippen LogP contribution is 2.65. The quantitative estimate of drug-likeness (QED) is 0.610. The molecule has 0 bridgehead atoms. The Labute approximate surface area is 130 Å². The SMILES string of the molecule is CC(C)[P+](CCC(=O)O)(c1ccccc1[B-](F)(F)F)C(C)C. The first-order valence-corrected chi connectivity index (χ1v) is 9.53. The molecule has 0 aromatic heterocycles. The molecule has 0 atom stereocenters. The average molecular weight is 334 g/mol. The molecule has 124 valence electrons. The van der Waals surface area contributed by atoms with Gasteiger partial charge in [-0.05, 0) is 33.8 Å². The Kier molecular flexibility index (Phi) is 6.08. The number of rotatable bonds is 7. The summed E-state index contributed by atoms with van der Waals surface area (Å²) in [6.07, 6.45) is 0.212. The second-order valence-corrected chi connectivity index (χ2v) is 11.0. The Morgan fingerprint density at radius 2 is 1.64 bits per heavy atom. The van der Waals surface area contributed by atoms with Gasteiger partial charge < -0.3 is 18.1 Å². The van der Waals surface area contributed by atoms with Gasteiger partial charge in [0, 0.05) is 7.26 Å². The summed E-state index contributed by atoms with van der Waals surface area (Å²) in [6.45, 7) is 2.54. The fraction of sp³-hybridized carbons (Fsp3) is 0.533. The summed E-state index contributed by atoms with van der Waals surface area (Å²) in [4.78, 5) is 11.0. The number of hydrogen-bond donors (Lipinski definition) is 1. The fourth-order valence-corrected chi connectivity index (χ4v) is 8.42. The van der Waals surface area contributed by atoms with E-state index >= 15 is 0 Å². The van der Waals surface area contributed by atoms with E-state index in [2.05, 4.69) is 0 Å². The monoisotopic (exact) mass is 334 g/mol. The van der Waals surface area contributed by atoms with Crippen molar-refractivity contribution in [3.05, 3.63) is 24.3 Å². The smallest absolute Gasteiger partial charge is 0.481 e. The van der Waals surface area contributed by atoms with Gasteiger partial charge in [0.25, 0.3) is 0 Å². The van der Waals surface area contributed by atoms with Crippen LogP contribution in [-0.2, 0) is 4.79 Å². The summed E-state index contributed by atoms with van der Waals surface area (Å²) in [5.74, 6) is -0.958. The van der Waals surface area contributed by atoms with Crippen LogP contribution in [0.25, 0.3) is 0 Å². The molecular weight excluding hydrogens is 311 g/mol. The highest BCUT2D eigenvalue weighted by molar-refractivity contribution is 7.84. The zero-order valence-electron chi connectivity index (χ0n) is 13.4. The summed E-state index contributed by atoms with van der Waals surface area (Å²) in [7, 11) is -2.27. The van der Waals surface area contributed by atoms with E-state index in [1.807, 2.05) is 27.7 Å². The first-order chi connectivity index (χ1) is 10.0. The highest BCUT2D eigenvalue weighted by Gasteiger charge is 2.49. The standard InChI is InChI=1S/C15H23BF3O2P/c1-11(2)22(12(3)4,10-9-15(20)21)14-8-6-5-7-13(14)16(17,18)19/h5-8,11-12H,9-10H2,1-4H3,(H,20,21). The van der Waals surface area contributed by atoms with Crippen LogP contribution in [0.3, 0.4) is 0 Å². The molecule has 0 fully saturated rings. The second-order valence-electron chi connectivity index (χ2n) is 6.12. The Bertz CT molecular complexity index is 522. The van der Waals surface area contributed by atoms with Gasteiger partial charge in [0.15, 0.2) is 0 Å². The van der Waals surface area contributed by atoms with Crippen LogP contribution in [0.4, 0.5) is 12.9 Å². The van der Waals surface area contributed by atoms with E-state index in [4.69, 9.17) is 5.11 Å². The molecule has 1 aromatic carbocycles. The van der Waals surface area contributed by atoms with E-state index in [-0.39, 0.29) is 17.7 Å². The molecule has 0 radical (unpaired) electrons. The van der Waals surface area contributed by atoms with E-state index in [0.29, 0.717) is 11.5 Å². The van der Waals surface area contributed by atoms with Gasteiger partial charge in [0.05, 0.1) is 29.2 Å². The molecule has 0 unspecified atom stereocenters. The highest BCUT2D eigenvalue weighted by atomic mass is 31.2. The number of aliphatic carboxylic acids is 1. The topological polar surface area (TPSA) is 37.3 Å². The summed E-state index contributed by atoms with van der Waals surface area (Å²) in [5, 5.41) is 9.36. The van der Waals surface area contributed by atoms with E-state index in [1.54, 1.807) is 12.1 Å². The summed E-state index contributed by atoms with van der Waals surface area (Å²) < 4.78 is 40.4. The maximum atomic E-state index is 13.5. The van der Waals surface area contributed by atoms with Crippen molar-refractivity contribution in [1.82, 2.24) is 0 Å². The third-order valence-electron chi connectivity index (χ3n) is 4.28. The van der Waals surface area contributed by atoms with Crippen LogP contribution in [0.1, 0.15) is 34.1 Å². The number of carboxylic acid groups (broad SMARTS) is 1. The molecule has 0 aliphatic heterocycles. The summed E-state index contributed by atoms with van der Waals surface area (Å²) in [6, 6.07) is 5.72. The van der Waals surface area contributed by atoms with Crippen LogP contribution in [0.15, 0.2) is 24.3 Å². The van der Waals surface area contributed by atoms with Crippen LogP contribution >= 0.6 is 7.26 Å². The first kappa shape index (κ1) is 19.0. The Balaban J connectivity index is 3.55. The third kappa shape index (κ3) is 3.84. The first-order valence-electron chi connectivity index (χ1n) is 7.42. The molecule has 22 heavy (non-hydrogen) atoms. The molecule has 0 saturated carbocycles. The molecule has 7 heteroatoms. The van der Waals surface area contributed by atoms with Gasteiger partial charge in [-0.3, -0.25) is 4.79 Å². The maximum Gasteiger partial charge on any atom is 0.513 e. The van der Waals surface area contributed by atoms with Crippen molar-refractivity contribution in [2.24, 2.45) is 0 Å². The Morgan fingerprint density at radius 3 is 2.05 bits per heavy atom. The molecule has 0 amide bonds. The van der Waals surface area contributed by atoms with Gasteiger partial charge in [0.2, 0.25) is 0 Å². The predicted molar refractivity (Wildman–Crippen MR) is 89.1 cm³/mol. The number of halogens is 3. The van der Waals surface area contributed by atoms with Crippen LogP contribution in [-0.4, -0.2) is 35.5 Å². The molecule has 0 spiro atoms. The number of benzene rings is 1. The molecule has 0 heterocycles. The van der Waals surface area contributed by atoms with Crippen LogP contribution in [0.5, 0.6) is 0 Å². The lowest BCUT2D eigenvalue weighted by molar-refractivity contribution is -0.136. The predicted octanol–water partition coefficient (Wildman–Crippen LogP) is 3.68. The molecular formula is C15H23BF3O2P. The molecule has 0 saturated heterocycles. The van der Waals surface area contributed by atoms with Gasteiger partial charge in [-0.15, -0.1) is 0 Å². The van der Waals surface area contributed by atoms with Gasteiger partial charge in [-0.1, -0.05) is 23.7 Å². The van der Waals surface area contributed by atoms with E-state index in [0.717, 1.165) is 6.07 Å². The number of carbonyl (C=O) groups is 1. The van der Waals surface area contributed by atoms with Crippen molar-refractivity contribution in [2.75, 3.05) is 6.16 Å². The third-order valence-corrected chi connectivity index (χ3v) is 10.2. The molecule has 2 nitrogen and oxygen atoms in total. The van der Waals surface area contributed by atoms with Crippen LogP contribution < -0.4 is 10.8 Å². The minimum Gasteiger partial charge on any atom is -0.481 e. The molecule has 1 aromatic rings. The van der Waals surface area contributed by atoms with Crippen LogP contribution in [0.2, 0.25) is 0 Å². The largest absolute Gasteiger partial charge is 0.513 e. The Hall–Kier alpha value is -1.03. The minimum atomic E-state index is -5.11. The normalized spacial score (nSPS) is 13.0. The van der Waals surface area contributed by atoms with Gasteiger partial charge in [-0.2, -0.15) is 0 Å². The molecule has 1 N–H and O–H groups in total. The lowest BCUT2D eigenvalue weighted by Gasteiger charge is -2.37. The van der Waals surface area contributed by atoms with Gasteiger partial charge in [-0.25, -0.2) is 0 Å². The lowest BCUT2D eigenvalue weighted by atomic mass is 9.80. The van der Waals surface area contributed by atoms with Crippen molar-refractivity contribution in [2.45, 2.75) is 45.4 Å².